The highest BCUT2D eigenvalue weighted by Crippen LogP contribution is 2.57. The second kappa shape index (κ2) is 16.0. The molecule has 4 aromatic rings. The monoisotopic (exact) mass is 822 g/mol. The molecule has 2 aliphatic heterocycles. The van der Waals surface area contributed by atoms with Crippen LogP contribution in [0, 0.1) is 30.0 Å². The van der Waals surface area contributed by atoms with E-state index in [9.17, 15) is 27.2 Å². The minimum Gasteiger partial charge on any atom is -0.459 e. The van der Waals surface area contributed by atoms with Gasteiger partial charge in [-0.2, -0.15) is 4.98 Å². The molecule has 2 amide bonds. The van der Waals surface area contributed by atoms with Gasteiger partial charge in [-0.25, -0.2) is 12.8 Å². The van der Waals surface area contributed by atoms with E-state index in [1.165, 1.54) is 12.1 Å². The summed E-state index contributed by atoms with van der Waals surface area (Å²) in [4.78, 5) is 50.4. The molecule has 12 heteroatoms. The third kappa shape index (κ3) is 8.21. The average molecular weight is 823 g/mol. The lowest BCUT2D eigenvalue weighted by Crippen LogP contribution is -2.47. The minimum atomic E-state index is -3.93. The van der Waals surface area contributed by atoms with Gasteiger partial charge < -0.3 is 9.64 Å². The van der Waals surface area contributed by atoms with Gasteiger partial charge in [0.05, 0.1) is 28.3 Å². The van der Waals surface area contributed by atoms with Crippen molar-refractivity contribution in [2.75, 3.05) is 6.54 Å². The highest BCUT2D eigenvalue weighted by atomic mass is 32.2. The first-order valence-electron chi connectivity index (χ1n) is 21.2. The summed E-state index contributed by atoms with van der Waals surface area (Å²) < 4.78 is 51.3. The molecule has 1 aromatic heterocycles. The van der Waals surface area contributed by atoms with Crippen molar-refractivity contribution >= 4 is 38.7 Å². The van der Waals surface area contributed by atoms with E-state index in [-0.39, 0.29) is 54.8 Å². The second-order valence-electron chi connectivity index (χ2n) is 18.0. The number of rotatable bonds is 9. The van der Waals surface area contributed by atoms with Gasteiger partial charge in [-0.3, -0.25) is 23.7 Å². The molecule has 0 radical (unpaired) electrons. The number of sulfonamides is 1. The molecular formula is C47H55FN4O6S. The number of allylic oxidation sites excluding steroid dienone is 2. The Balaban J connectivity index is 1.14. The van der Waals surface area contributed by atoms with Crippen molar-refractivity contribution in [3.05, 3.63) is 95.8 Å². The van der Waals surface area contributed by atoms with Crippen LogP contribution >= 0.6 is 0 Å². The molecule has 1 saturated heterocycles. The molecule has 2 aliphatic carbocycles. The van der Waals surface area contributed by atoms with Crippen LogP contribution in [0.3, 0.4) is 0 Å². The van der Waals surface area contributed by atoms with Crippen LogP contribution in [-0.2, 0) is 30.8 Å². The van der Waals surface area contributed by atoms with Gasteiger partial charge in [0, 0.05) is 30.4 Å². The van der Waals surface area contributed by atoms with Crippen molar-refractivity contribution in [1.82, 2.24) is 19.2 Å². The zero-order valence-corrected chi connectivity index (χ0v) is 35.3. The van der Waals surface area contributed by atoms with E-state index in [1.807, 2.05) is 86.0 Å². The quantitative estimate of drug-likeness (QED) is 0.168. The number of aromatic nitrogens is 2. The number of nitrogens with zero attached hydrogens (tertiary/aromatic N) is 3. The number of ether oxygens (including phenoxy) is 1. The molecule has 8 rings (SSSR count). The maximum absolute atomic E-state index is 14.9. The van der Waals surface area contributed by atoms with Crippen molar-refractivity contribution in [3.63, 3.8) is 0 Å². The van der Waals surface area contributed by atoms with Crippen LogP contribution < -0.4 is 9.46 Å². The van der Waals surface area contributed by atoms with Crippen molar-refractivity contribution in [2.45, 2.75) is 121 Å². The lowest BCUT2D eigenvalue weighted by molar-refractivity contribution is -0.142. The number of hydrogen-bond donors (Lipinski definition) is 1. The van der Waals surface area contributed by atoms with E-state index < -0.39 is 38.2 Å². The fourth-order valence-electron chi connectivity index (χ4n) is 9.27. The van der Waals surface area contributed by atoms with Crippen LogP contribution in [-0.4, -0.2) is 63.9 Å². The van der Waals surface area contributed by atoms with Gasteiger partial charge in [0.25, 0.3) is 6.01 Å². The number of carbonyl (C=O) groups excluding carboxylic acids is 3. The molecule has 10 nitrogen and oxygen atoms in total. The summed E-state index contributed by atoms with van der Waals surface area (Å²) >= 11 is 0. The summed E-state index contributed by atoms with van der Waals surface area (Å²) in [6.45, 7) is 7.69. The zero-order valence-electron chi connectivity index (χ0n) is 34.5. The van der Waals surface area contributed by atoms with E-state index in [4.69, 9.17) is 9.72 Å². The Morgan fingerprint density at radius 1 is 1.03 bits per heavy atom. The molecule has 59 heavy (non-hydrogen) atoms. The number of aryl methyl sites for hydroxylation is 1. The third-order valence-corrected chi connectivity index (χ3v) is 15.3. The molecular weight excluding hydrogens is 768 g/mol. The third-order valence-electron chi connectivity index (χ3n) is 13.1. The molecule has 4 aliphatic rings. The predicted octanol–water partition coefficient (Wildman–Crippen LogP) is 8.42. The van der Waals surface area contributed by atoms with E-state index >= 15 is 0 Å². The molecule has 3 heterocycles. The standard InChI is InChI=1S/C47H55FN4O6S/c1-30(2)52-39-19-13-18-38(34-22-31(3)23-36(48)25-34)42(39)49-45(52)58-37-26-40-41(53)28-47(44(55)50-59(56,57)46(4)20-21-46)27-35(47)17-12-7-5-6-11-16-33(43(54)51(40)29-37)24-32-14-9-8-10-15-32/h8-10,12-15,17-19,22-23,25,30,33,35,37,40H,5-7,11,16,20-21,24,26-29H2,1-4H3,(H,50,55)/b17-12-/t33-,35+,37-,40+,47-/m1/s1. The Morgan fingerprint density at radius 2 is 1.81 bits per heavy atom. The lowest BCUT2D eigenvalue weighted by atomic mass is 9.90. The Morgan fingerprint density at radius 3 is 2.54 bits per heavy atom. The summed E-state index contributed by atoms with van der Waals surface area (Å²) in [5.41, 5.74) is 3.53. The first-order chi connectivity index (χ1) is 28.2. The number of nitrogens with one attached hydrogen (secondary N) is 1. The molecule has 1 N–H and O–H groups in total. The van der Waals surface area contributed by atoms with Crippen LogP contribution in [0.25, 0.3) is 22.2 Å². The summed E-state index contributed by atoms with van der Waals surface area (Å²) in [5.74, 6) is -2.04. The highest BCUT2D eigenvalue weighted by molar-refractivity contribution is 7.91. The molecule has 312 valence electrons. The number of para-hydroxylation sites is 1. The summed E-state index contributed by atoms with van der Waals surface area (Å²) in [6, 6.07) is 20.0. The number of carbonyl (C=O) groups is 3. The number of hydrogen-bond acceptors (Lipinski definition) is 7. The zero-order chi connectivity index (χ0) is 41.7. The topological polar surface area (TPSA) is 128 Å². The normalized spacial score (nSPS) is 26.4. The average Bonchev–Trinajstić information content (AvgIpc) is 4.01. The van der Waals surface area contributed by atoms with Gasteiger partial charge in [-0.05, 0) is 113 Å². The van der Waals surface area contributed by atoms with Gasteiger partial charge in [0.1, 0.15) is 17.4 Å². The highest BCUT2D eigenvalue weighted by Gasteiger charge is 2.62. The van der Waals surface area contributed by atoms with E-state index in [0.29, 0.717) is 49.2 Å². The largest absolute Gasteiger partial charge is 0.459 e. The molecule has 2 saturated carbocycles. The molecule has 5 atom stereocenters. The Hall–Kier alpha value is -4.84. The van der Waals surface area contributed by atoms with E-state index in [2.05, 4.69) is 10.8 Å². The van der Waals surface area contributed by atoms with E-state index in [1.54, 1.807) is 11.8 Å². The number of imidazole rings is 1. The molecule has 3 aromatic carbocycles. The summed E-state index contributed by atoms with van der Waals surface area (Å²) in [7, 11) is -3.93. The first-order valence-corrected chi connectivity index (χ1v) is 22.7. The number of benzene rings is 3. The predicted molar refractivity (Wildman–Crippen MR) is 226 cm³/mol. The lowest BCUT2D eigenvalue weighted by Gasteiger charge is -2.29. The maximum atomic E-state index is 14.9. The fourth-order valence-corrected chi connectivity index (χ4v) is 10.6. The Bertz CT molecular complexity index is 2390. The molecule has 0 spiro atoms. The SMILES string of the molecule is Cc1cc(F)cc(-c2cccc3c2nc(O[C@@H]2C[C@H]4C(=O)C[C@]5(C(=O)NS(=O)(=O)C6(C)CC6)C[C@@H]5/C=C\CCCCC[C@H](Cc5ccccc5)C(=O)N4C2)n3C(C)C)c1. The molecule has 0 unspecified atom stereocenters. The second-order valence-corrected chi connectivity index (χ2v) is 20.2. The summed E-state index contributed by atoms with van der Waals surface area (Å²) in [5, 5.41) is 0. The van der Waals surface area contributed by atoms with Gasteiger partial charge in [-0.1, -0.05) is 73.5 Å². The van der Waals surface area contributed by atoms with Crippen LogP contribution in [0.15, 0.2) is 78.9 Å². The van der Waals surface area contributed by atoms with Gasteiger partial charge >= 0.3 is 0 Å². The van der Waals surface area contributed by atoms with Crippen molar-refractivity contribution in [1.29, 1.82) is 0 Å². The Labute approximate surface area is 346 Å². The Kier molecular flexibility index (Phi) is 11.1. The van der Waals surface area contributed by atoms with Crippen molar-refractivity contribution < 1.29 is 31.9 Å². The van der Waals surface area contributed by atoms with Crippen LogP contribution in [0.1, 0.15) is 102 Å². The van der Waals surface area contributed by atoms with Gasteiger partial charge in [-0.15, -0.1) is 0 Å². The van der Waals surface area contributed by atoms with Crippen LogP contribution in [0.5, 0.6) is 6.01 Å². The van der Waals surface area contributed by atoms with Crippen molar-refractivity contribution in [3.8, 4) is 17.1 Å². The number of amides is 2. The fraction of sp³-hybridized carbons (Fsp3) is 0.489. The van der Waals surface area contributed by atoms with Gasteiger partial charge in [0.2, 0.25) is 21.8 Å². The minimum absolute atomic E-state index is 0.0720. The number of ketones is 1. The number of halogens is 1. The van der Waals surface area contributed by atoms with Crippen LogP contribution in [0.2, 0.25) is 0 Å². The number of fused-ring (bicyclic) bond motifs is 3. The van der Waals surface area contributed by atoms with Gasteiger partial charge in [0.15, 0.2) is 5.78 Å². The molecule has 3 fully saturated rings. The first kappa shape index (κ1) is 40.9. The maximum Gasteiger partial charge on any atom is 0.297 e. The van der Waals surface area contributed by atoms with Crippen molar-refractivity contribution in [2.24, 2.45) is 17.3 Å². The number of Topliss-reactive ketones (excluding diaryl/α,β-unsaturated/α-hetero) is 1. The smallest absolute Gasteiger partial charge is 0.297 e. The van der Waals surface area contributed by atoms with Crippen LogP contribution in [0.4, 0.5) is 4.39 Å². The van der Waals surface area contributed by atoms with E-state index in [0.717, 1.165) is 47.9 Å². The molecule has 0 bridgehead atoms. The summed E-state index contributed by atoms with van der Waals surface area (Å²) in [6.07, 6.45) is 9.43.